The Kier molecular flexibility index (Phi) is 5.10. The van der Waals surface area contributed by atoms with Crippen molar-refractivity contribution in [1.82, 2.24) is 0 Å². The van der Waals surface area contributed by atoms with Crippen LogP contribution >= 0.6 is 11.6 Å². The van der Waals surface area contributed by atoms with Gasteiger partial charge in [0.05, 0.1) is 10.8 Å². The summed E-state index contributed by atoms with van der Waals surface area (Å²) < 4.78 is 11.8. The van der Waals surface area contributed by atoms with Gasteiger partial charge in [-0.05, 0) is 55.0 Å². The van der Waals surface area contributed by atoms with Crippen molar-refractivity contribution < 1.29 is 9.00 Å². The van der Waals surface area contributed by atoms with Gasteiger partial charge in [-0.3, -0.25) is 9.00 Å². The molecule has 0 heterocycles. The highest BCUT2D eigenvalue weighted by Crippen LogP contribution is 2.16. The van der Waals surface area contributed by atoms with Crippen molar-refractivity contribution >= 4 is 28.2 Å². The molecule has 0 bridgehead atoms. The molecule has 0 aliphatic carbocycles. The number of halogens is 1. The van der Waals surface area contributed by atoms with Crippen molar-refractivity contribution in [3.8, 4) is 0 Å². The molecule has 0 aliphatic rings. The fraction of sp³-hybridized carbons (Fsp3) is 0.188. The van der Waals surface area contributed by atoms with Crippen molar-refractivity contribution in [2.75, 3.05) is 5.75 Å². The van der Waals surface area contributed by atoms with Gasteiger partial charge in [0.25, 0.3) is 0 Å². The summed E-state index contributed by atoms with van der Waals surface area (Å²) in [5.74, 6) is 0.583. The lowest BCUT2D eigenvalue weighted by atomic mass is 10.0. The predicted octanol–water partition coefficient (Wildman–Crippen LogP) is 4.09. The molecule has 0 saturated carbocycles. The zero-order chi connectivity index (χ0) is 14.5. The van der Waals surface area contributed by atoms with Crippen molar-refractivity contribution in [3.63, 3.8) is 0 Å². The molecule has 0 spiro atoms. The summed E-state index contributed by atoms with van der Waals surface area (Å²) in [6.45, 7) is 2.00. The van der Waals surface area contributed by atoms with Crippen LogP contribution in [-0.2, 0) is 10.8 Å². The first kappa shape index (κ1) is 14.9. The molecule has 0 amide bonds. The molecule has 4 heteroatoms. The van der Waals surface area contributed by atoms with Gasteiger partial charge in [0.2, 0.25) is 0 Å². The highest BCUT2D eigenvalue weighted by molar-refractivity contribution is 7.85. The fourth-order valence-corrected chi connectivity index (χ4v) is 3.00. The van der Waals surface area contributed by atoms with Gasteiger partial charge >= 0.3 is 0 Å². The number of hydrogen-bond donors (Lipinski definition) is 0. The van der Waals surface area contributed by atoms with Crippen LogP contribution in [0.5, 0.6) is 0 Å². The molecular weight excluding hydrogens is 292 g/mol. The molecule has 0 fully saturated rings. The minimum absolute atomic E-state index is 0.0607. The number of carbonyl (C=O) groups excluding carboxylic acids is 1. The van der Waals surface area contributed by atoms with Crippen molar-refractivity contribution in [2.45, 2.75) is 18.2 Å². The summed E-state index contributed by atoms with van der Waals surface area (Å²) in [6, 6.07) is 13.8. The lowest BCUT2D eigenvalue weighted by molar-refractivity contribution is 0.103. The topological polar surface area (TPSA) is 34.1 Å². The van der Waals surface area contributed by atoms with Crippen LogP contribution in [0.2, 0.25) is 5.02 Å². The first-order valence-corrected chi connectivity index (χ1v) is 8.10. The van der Waals surface area contributed by atoms with Crippen molar-refractivity contribution in [2.24, 2.45) is 0 Å². The summed E-state index contributed by atoms with van der Waals surface area (Å²) in [5, 5.41) is 0.604. The van der Waals surface area contributed by atoms with E-state index in [1.165, 1.54) is 0 Å². The number of benzene rings is 2. The van der Waals surface area contributed by atoms with Gasteiger partial charge in [0.1, 0.15) is 0 Å². The van der Waals surface area contributed by atoms with Gasteiger partial charge in [-0.15, -0.1) is 0 Å². The molecule has 0 saturated heterocycles. The number of hydrogen-bond acceptors (Lipinski definition) is 2. The zero-order valence-corrected chi connectivity index (χ0v) is 12.7. The second-order valence-corrected chi connectivity index (χ2v) is 6.42. The Morgan fingerprint density at radius 3 is 2.00 bits per heavy atom. The van der Waals surface area contributed by atoms with Crippen molar-refractivity contribution in [3.05, 3.63) is 64.7 Å². The minimum atomic E-state index is -0.981. The summed E-state index contributed by atoms with van der Waals surface area (Å²) >= 11 is 5.80. The van der Waals surface area contributed by atoms with Crippen LogP contribution in [0.25, 0.3) is 0 Å². The summed E-state index contributed by atoms with van der Waals surface area (Å²) in [4.78, 5) is 13.0. The SMILES string of the molecule is CCCS(=O)c1ccc(C(=O)c2ccc(Cl)cc2)cc1. The Morgan fingerprint density at radius 1 is 1.00 bits per heavy atom. The Labute approximate surface area is 126 Å². The molecule has 2 aromatic carbocycles. The average Bonchev–Trinajstić information content (AvgIpc) is 2.48. The van der Waals surface area contributed by atoms with E-state index in [0.29, 0.717) is 21.9 Å². The van der Waals surface area contributed by atoms with Gasteiger partial charge in [0, 0.05) is 26.8 Å². The van der Waals surface area contributed by atoms with E-state index in [2.05, 4.69) is 0 Å². The first-order valence-electron chi connectivity index (χ1n) is 6.40. The van der Waals surface area contributed by atoms with Crippen LogP contribution in [0, 0.1) is 0 Å². The Balaban J connectivity index is 2.19. The monoisotopic (exact) mass is 306 g/mol. The minimum Gasteiger partial charge on any atom is -0.289 e. The Morgan fingerprint density at radius 2 is 1.50 bits per heavy atom. The molecule has 0 N–H and O–H groups in total. The normalized spacial score (nSPS) is 12.1. The van der Waals surface area contributed by atoms with Gasteiger partial charge in [0.15, 0.2) is 5.78 Å². The fourth-order valence-electron chi connectivity index (χ4n) is 1.83. The van der Waals surface area contributed by atoms with E-state index in [0.717, 1.165) is 11.3 Å². The molecule has 1 unspecified atom stereocenters. The third-order valence-electron chi connectivity index (χ3n) is 2.88. The van der Waals surface area contributed by atoms with Crippen LogP contribution in [0.15, 0.2) is 53.4 Å². The van der Waals surface area contributed by atoms with E-state index in [4.69, 9.17) is 11.6 Å². The van der Waals surface area contributed by atoms with Crippen LogP contribution in [-0.4, -0.2) is 15.7 Å². The Bertz CT molecular complexity index is 618. The lowest BCUT2D eigenvalue weighted by Gasteiger charge is -2.04. The average molecular weight is 307 g/mol. The van der Waals surface area contributed by atoms with Gasteiger partial charge in [-0.25, -0.2) is 0 Å². The first-order chi connectivity index (χ1) is 9.61. The summed E-state index contributed by atoms with van der Waals surface area (Å²) in [7, 11) is -0.981. The van der Waals surface area contributed by atoms with E-state index in [9.17, 15) is 9.00 Å². The molecule has 1 atom stereocenters. The second kappa shape index (κ2) is 6.82. The van der Waals surface area contributed by atoms with E-state index >= 15 is 0 Å². The van der Waals surface area contributed by atoms with E-state index in [1.807, 2.05) is 6.92 Å². The quantitative estimate of drug-likeness (QED) is 0.780. The highest BCUT2D eigenvalue weighted by atomic mass is 35.5. The van der Waals surface area contributed by atoms with Crippen molar-refractivity contribution in [1.29, 1.82) is 0 Å². The largest absolute Gasteiger partial charge is 0.289 e. The molecule has 0 aromatic heterocycles. The molecule has 104 valence electrons. The van der Waals surface area contributed by atoms with Crippen LogP contribution in [0.1, 0.15) is 29.3 Å². The third-order valence-corrected chi connectivity index (χ3v) is 4.70. The van der Waals surface area contributed by atoms with Gasteiger partial charge in [-0.2, -0.15) is 0 Å². The molecule has 0 aliphatic heterocycles. The van der Waals surface area contributed by atoms with Gasteiger partial charge < -0.3 is 0 Å². The lowest BCUT2D eigenvalue weighted by Crippen LogP contribution is -2.02. The summed E-state index contributed by atoms with van der Waals surface area (Å²) in [5.41, 5.74) is 1.18. The van der Waals surface area contributed by atoms with E-state index in [-0.39, 0.29) is 5.78 Å². The smallest absolute Gasteiger partial charge is 0.193 e. The highest BCUT2D eigenvalue weighted by Gasteiger charge is 2.10. The maximum atomic E-state index is 12.2. The second-order valence-electron chi connectivity index (χ2n) is 4.41. The van der Waals surface area contributed by atoms with Crippen LogP contribution < -0.4 is 0 Å². The van der Waals surface area contributed by atoms with E-state index < -0.39 is 10.8 Å². The standard InChI is InChI=1S/C16H15ClO2S/c1-2-11-20(19)15-9-5-13(6-10-15)16(18)12-3-7-14(17)8-4-12/h3-10H,2,11H2,1H3. The predicted molar refractivity (Wildman–Crippen MR) is 82.9 cm³/mol. The summed E-state index contributed by atoms with van der Waals surface area (Å²) in [6.07, 6.45) is 0.873. The van der Waals surface area contributed by atoms with Crippen LogP contribution in [0.3, 0.4) is 0 Å². The van der Waals surface area contributed by atoms with E-state index in [1.54, 1.807) is 48.5 Å². The van der Waals surface area contributed by atoms with Gasteiger partial charge in [-0.1, -0.05) is 18.5 Å². The Hall–Kier alpha value is -1.45. The third kappa shape index (κ3) is 3.56. The molecule has 2 nitrogen and oxygen atoms in total. The molecule has 2 rings (SSSR count). The molecular formula is C16H15ClO2S. The number of rotatable bonds is 5. The van der Waals surface area contributed by atoms with Crippen LogP contribution in [0.4, 0.5) is 0 Å². The number of carbonyl (C=O) groups is 1. The zero-order valence-electron chi connectivity index (χ0n) is 11.1. The maximum absolute atomic E-state index is 12.2. The molecule has 0 radical (unpaired) electrons. The molecule has 20 heavy (non-hydrogen) atoms. The molecule has 2 aromatic rings. The number of ketones is 1. The maximum Gasteiger partial charge on any atom is 0.193 e.